The molecule has 2 aromatic rings. The van der Waals surface area contributed by atoms with E-state index in [0.717, 1.165) is 22.4 Å². The van der Waals surface area contributed by atoms with Crippen molar-refractivity contribution in [2.75, 3.05) is 20.3 Å². The van der Waals surface area contributed by atoms with Crippen LogP contribution in [0.4, 0.5) is 0 Å². The van der Waals surface area contributed by atoms with E-state index < -0.39 is 10.0 Å². The second-order valence-electron chi connectivity index (χ2n) is 5.65. The van der Waals surface area contributed by atoms with Crippen LogP contribution in [0.2, 0.25) is 0 Å². The summed E-state index contributed by atoms with van der Waals surface area (Å²) in [5.74, 6) is 1.43. The summed E-state index contributed by atoms with van der Waals surface area (Å²) in [6.07, 6.45) is 0. The molecule has 0 unspecified atom stereocenters. The zero-order valence-corrected chi connectivity index (χ0v) is 15.2. The second-order valence-corrected chi connectivity index (χ2v) is 7.41. The van der Waals surface area contributed by atoms with Crippen LogP contribution in [0.15, 0.2) is 41.3 Å². The lowest BCUT2D eigenvalue weighted by atomic mass is 10.1. The summed E-state index contributed by atoms with van der Waals surface area (Å²) in [6, 6.07) is 10.7. The maximum absolute atomic E-state index is 12.3. The maximum atomic E-state index is 12.3. The summed E-state index contributed by atoms with van der Waals surface area (Å²) in [5.41, 5.74) is 2.89. The molecule has 0 heterocycles. The monoisotopic (exact) mass is 349 g/mol. The van der Waals surface area contributed by atoms with Crippen LogP contribution in [-0.2, 0) is 10.0 Å². The Labute approximate surface area is 143 Å². The van der Waals surface area contributed by atoms with Gasteiger partial charge in [-0.25, -0.2) is 13.1 Å². The molecule has 0 spiro atoms. The molecule has 0 amide bonds. The van der Waals surface area contributed by atoms with E-state index in [4.69, 9.17) is 9.47 Å². The van der Waals surface area contributed by atoms with Gasteiger partial charge in [-0.3, -0.25) is 0 Å². The number of sulfonamides is 1. The highest BCUT2D eigenvalue weighted by molar-refractivity contribution is 7.89. The fraction of sp³-hybridized carbons (Fsp3) is 0.333. The van der Waals surface area contributed by atoms with E-state index in [9.17, 15) is 8.42 Å². The summed E-state index contributed by atoms with van der Waals surface area (Å²) < 4.78 is 38.0. The van der Waals surface area contributed by atoms with Gasteiger partial charge in [0.1, 0.15) is 18.1 Å². The topological polar surface area (TPSA) is 64.6 Å². The van der Waals surface area contributed by atoms with E-state index in [0.29, 0.717) is 5.75 Å². The van der Waals surface area contributed by atoms with Gasteiger partial charge < -0.3 is 9.47 Å². The minimum Gasteiger partial charge on any atom is -0.496 e. The van der Waals surface area contributed by atoms with Gasteiger partial charge in [-0.05, 0) is 61.7 Å². The third kappa shape index (κ3) is 4.49. The predicted molar refractivity (Wildman–Crippen MR) is 94.3 cm³/mol. The van der Waals surface area contributed by atoms with E-state index in [1.165, 1.54) is 6.07 Å². The van der Waals surface area contributed by atoms with Crippen LogP contribution in [0.3, 0.4) is 0 Å². The first-order valence-electron chi connectivity index (χ1n) is 7.68. The minimum atomic E-state index is -3.57. The summed E-state index contributed by atoms with van der Waals surface area (Å²) in [7, 11) is -2.01. The molecule has 24 heavy (non-hydrogen) atoms. The third-order valence-electron chi connectivity index (χ3n) is 3.67. The summed E-state index contributed by atoms with van der Waals surface area (Å²) in [5, 5.41) is 0. The molecule has 5 nitrogen and oxygen atoms in total. The average Bonchev–Trinajstić information content (AvgIpc) is 2.54. The quantitative estimate of drug-likeness (QED) is 0.781. The first-order chi connectivity index (χ1) is 11.3. The molecule has 130 valence electrons. The first-order valence-corrected chi connectivity index (χ1v) is 9.16. The van der Waals surface area contributed by atoms with Crippen LogP contribution in [0.1, 0.15) is 16.7 Å². The number of benzene rings is 2. The fourth-order valence-electron chi connectivity index (χ4n) is 2.30. The second kappa shape index (κ2) is 7.68. The van der Waals surface area contributed by atoms with Crippen LogP contribution >= 0.6 is 0 Å². The van der Waals surface area contributed by atoms with Crippen LogP contribution in [0.25, 0.3) is 0 Å². The van der Waals surface area contributed by atoms with Crippen molar-refractivity contribution in [3.05, 3.63) is 53.1 Å². The van der Waals surface area contributed by atoms with Gasteiger partial charge in [0.15, 0.2) is 0 Å². The lowest BCUT2D eigenvalue weighted by Crippen LogP contribution is -2.28. The fourth-order valence-corrected chi connectivity index (χ4v) is 3.40. The standard InChI is InChI=1S/C18H23NO4S/c1-13-5-6-14(2)18(11-13)23-10-9-19-24(20,21)16-7-8-17(22-4)15(3)12-16/h5-8,11-12,19H,9-10H2,1-4H3. The molecule has 0 saturated carbocycles. The van der Waals surface area contributed by atoms with Gasteiger partial charge in [0.05, 0.1) is 12.0 Å². The van der Waals surface area contributed by atoms with Crippen molar-refractivity contribution in [3.8, 4) is 11.5 Å². The molecule has 0 aliphatic carbocycles. The molecule has 0 aromatic heterocycles. The van der Waals surface area contributed by atoms with E-state index in [1.807, 2.05) is 39.0 Å². The molecule has 2 aromatic carbocycles. The Balaban J connectivity index is 1.95. The number of ether oxygens (including phenoxy) is 2. The minimum absolute atomic E-state index is 0.195. The van der Waals surface area contributed by atoms with Gasteiger partial charge in [0, 0.05) is 6.54 Å². The largest absolute Gasteiger partial charge is 0.496 e. The highest BCUT2D eigenvalue weighted by Crippen LogP contribution is 2.21. The van der Waals surface area contributed by atoms with Gasteiger partial charge in [-0.1, -0.05) is 12.1 Å². The molecule has 6 heteroatoms. The first kappa shape index (κ1) is 18.3. The van der Waals surface area contributed by atoms with Crippen molar-refractivity contribution in [1.82, 2.24) is 4.72 Å². The molecule has 0 bridgehead atoms. The summed E-state index contributed by atoms with van der Waals surface area (Å²) in [4.78, 5) is 0.215. The van der Waals surface area contributed by atoms with E-state index in [-0.39, 0.29) is 18.0 Å². The molecule has 0 fully saturated rings. The molecule has 1 N–H and O–H groups in total. The Hall–Kier alpha value is -2.05. The molecule has 0 aliphatic rings. The Morgan fingerprint density at radius 1 is 0.958 bits per heavy atom. The Kier molecular flexibility index (Phi) is 5.85. The number of hydrogen-bond donors (Lipinski definition) is 1. The number of nitrogens with one attached hydrogen (secondary N) is 1. The molecule has 0 atom stereocenters. The normalized spacial score (nSPS) is 11.3. The zero-order chi connectivity index (χ0) is 17.7. The highest BCUT2D eigenvalue weighted by atomic mass is 32.2. The van der Waals surface area contributed by atoms with E-state index >= 15 is 0 Å². The summed E-state index contributed by atoms with van der Waals surface area (Å²) in [6.45, 7) is 6.21. The number of aryl methyl sites for hydroxylation is 3. The van der Waals surface area contributed by atoms with Crippen molar-refractivity contribution in [2.45, 2.75) is 25.7 Å². The third-order valence-corrected chi connectivity index (χ3v) is 5.13. The van der Waals surface area contributed by atoms with Gasteiger partial charge in [-0.15, -0.1) is 0 Å². The Morgan fingerprint density at radius 3 is 2.38 bits per heavy atom. The van der Waals surface area contributed by atoms with Crippen LogP contribution < -0.4 is 14.2 Å². The van der Waals surface area contributed by atoms with Crippen LogP contribution in [0.5, 0.6) is 11.5 Å². The van der Waals surface area contributed by atoms with Crippen LogP contribution in [-0.4, -0.2) is 28.7 Å². The molecule has 2 rings (SSSR count). The van der Waals surface area contributed by atoms with E-state index in [2.05, 4.69) is 4.72 Å². The lowest BCUT2D eigenvalue weighted by molar-refractivity contribution is 0.320. The maximum Gasteiger partial charge on any atom is 0.240 e. The van der Waals surface area contributed by atoms with Crippen molar-refractivity contribution < 1.29 is 17.9 Å². The Morgan fingerprint density at radius 2 is 1.71 bits per heavy atom. The molecule has 0 radical (unpaired) electrons. The SMILES string of the molecule is COc1ccc(S(=O)(=O)NCCOc2cc(C)ccc2C)cc1C. The van der Waals surface area contributed by atoms with E-state index in [1.54, 1.807) is 19.2 Å². The van der Waals surface area contributed by atoms with Gasteiger partial charge in [0.2, 0.25) is 10.0 Å². The lowest BCUT2D eigenvalue weighted by Gasteiger charge is -2.12. The smallest absolute Gasteiger partial charge is 0.240 e. The van der Waals surface area contributed by atoms with Crippen LogP contribution in [0, 0.1) is 20.8 Å². The zero-order valence-electron chi connectivity index (χ0n) is 14.4. The Bertz CT molecular complexity index is 816. The van der Waals surface area contributed by atoms with Crippen molar-refractivity contribution >= 4 is 10.0 Å². The highest BCUT2D eigenvalue weighted by Gasteiger charge is 2.15. The van der Waals surface area contributed by atoms with Gasteiger partial charge in [0.25, 0.3) is 0 Å². The predicted octanol–water partition coefficient (Wildman–Crippen LogP) is 2.98. The van der Waals surface area contributed by atoms with Crippen molar-refractivity contribution in [2.24, 2.45) is 0 Å². The van der Waals surface area contributed by atoms with Crippen molar-refractivity contribution in [3.63, 3.8) is 0 Å². The summed E-state index contributed by atoms with van der Waals surface area (Å²) >= 11 is 0. The molecule has 0 saturated heterocycles. The van der Waals surface area contributed by atoms with Crippen molar-refractivity contribution in [1.29, 1.82) is 0 Å². The van der Waals surface area contributed by atoms with Gasteiger partial charge >= 0.3 is 0 Å². The molecular weight excluding hydrogens is 326 g/mol. The number of methoxy groups -OCH3 is 1. The number of hydrogen-bond acceptors (Lipinski definition) is 4. The molecular formula is C18H23NO4S. The number of rotatable bonds is 7. The average molecular weight is 349 g/mol. The van der Waals surface area contributed by atoms with Gasteiger partial charge in [-0.2, -0.15) is 0 Å². The molecule has 0 aliphatic heterocycles.